The summed E-state index contributed by atoms with van der Waals surface area (Å²) in [5.74, 6) is 0.145. The Morgan fingerprint density at radius 2 is 1.76 bits per heavy atom. The van der Waals surface area contributed by atoms with E-state index < -0.39 is 9.84 Å². The Balaban J connectivity index is 1.62. The van der Waals surface area contributed by atoms with Crippen LogP contribution in [0.4, 0.5) is 0 Å². The number of nitrogens with one attached hydrogen (secondary N) is 2. The first-order valence-electron chi connectivity index (χ1n) is 7.37. The zero-order valence-electron chi connectivity index (χ0n) is 12.0. The zero-order chi connectivity index (χ0) is 15.3. The van der Waals surface area contributed by atoms with Crippen molar-refractivity contribution in [3.8, 4) is 0 Å². The second kappa shape index (κ2) is 7.49. The maximum absolute atomic E-state index is 11.8. The molecule has 0 aromatic rings. The van der Waals surface area contributed by atoms with E-state index in [-0.39, 0.29) is 40.2 Å². The van der Waals surface area contributed by atoms with Gasteiger partial charge in [0.2, 0.25) is 11.8 Å². The average molecular weight is 334 g/mol. The summed E-state index contributed by atoms with van der Waals surface area (Å²) in [6.45, 7) is 0. The van der Waals surface area contributed by atoms with Gasteiger partial charge in [-0.1, -0.05) is 19.3 Å². The van der Waals surface area contributed by atoms with Gasteiger partial charge in [-0.3, -0.25) is 20.4 Å². The number of hydrogen-bond donors (Lipinski definition) is 2. The van der Waals surface area contributed by atoms with Gasteiger partial charge in [0.1, 0.15) is 0 Å². The molecule has 0 spiro atoms. The zero-order valence-corrected chi connectivity index (χ0v) is 13.6. The van der Waals surface area contributed by atoms with E-state index >= 15 is 0 Å². The number of rotatable bonds is 4. The third kappa shape index (κ3) is 5.50. The standard InChI is InChI=1S/C13H22N2O4S2/c16-12(8-20-11-6-7-21(18,19)9-11)14-15-13(17)10-4-2-1-3-5-10/h10-11H,1-9H2,(H,14,16)(H,15,17)/t11-/m0/s1. The molecule has 2 fully saturated rings. The van der Waals surface area contributed by atoms with Crippen LogP contribution in [0.1, 0.15) is 38.5 Å². The molecule has 0 bridgehead atoms. The van der Waals surface area contributed by atoms with Crippen LogP contribution < -0.4 is 10.9 Å². The van der Waals surface area contributed by atoms with Crippen LogP contribution in [-0.4, -0.2) is 42.7 Å². The summed E-state index contributed by atoms with van der Waals surface area (Å²) in [4.78, 5) is 23.5. The number of amides is 2. The molecule has 1 aliphatic heterocycles. The minimum absolute atomic E-state index is 0.00482. The van der Waals surface area contributed by atoms with E-state index in [1.54, 1.807) is 0 Å². The van der Waals surface area contributed by atoms with Crippen LogP contribution in [0.25, 0.3) is 0 Å². The van der Waals surface area contributed by atoms with E-state index in [0.29, 0.717) is 6.42 Å². The molecule has 2 aliphatic rings. The lowest BCUT2D eigenvalue weighted by atomic mass is 9.89. The Hall–Kier alpha value is -0.760. The summed E-state index contributed by atoms with van der Waals surface area (Å²) in [6.07, 6.45) is 5.69. The van der Waals surface area contributed by atoms with Gasteiger partial charge in [0, 0.05) is 11.2 Å². The molecule has 21 heavy (non-hydrogen) atoms. The molecule has 120 valence electrons. The Labute approximate surface area is 129 Å². The smallest absolute Gasteiger partial charge is 0.248 e. The number of hydrazine groups is 1. The summed E-state index contributed by atoms with van der Waals surface area (Å²) in [5, 5.41) is -0.00482. The number of sulfone groups is 1. The fraction of sp³-hybridized carbons (Fsp3) is 0.846. The summed E-state index contributed by atoms with van der Waals surface area (Å²) < 4.78 is 22.6. The van der Waals surface area contributed by atoms with Gasteiger partial charge in [-0.2, -0.15) is 0 Å². The second-order valence-corrected chi connectivity index (χ2v) is 9.23. The molecule has 2 amide bonds. The highest BCUT2D eigenvalue weighted by Gasteiger charge is 2.28. The lowest BCUT2D eigenvalue weighted by molar-refractivity contribution is -0.131. The first-order valence-corrected chi connectivity index (χ1v) is 10.2. The van der Waals surface area contributed by atoms with E-state index in [9.17, 15) is 18.0 Å². The van der Waals surface area contributed by atoms with Crippen molar-refractivity contribution in [1.82, 2.24) is 10.9 Å². The first-order chi connectivity index (χ1) is 9.96. The van der Waals surface area contributed by atoms with Gasteiger partial charge < -0.3 is 0 Å². The fourth-order valence-corrected chi connectivity index (χ4v) is 6.16. The van der Waals surface area contributed by atoms with Crippen molar-refractivity contribution < 1.29 is 18.0 Å². The summed E-state index contributed by atoms with van der Waals surface area (Å²) in [6, 6.07) is 0. The van der Waals surface area contributed by atoms with E-state index in [4.69, 9.17) is 0 Å². The van der Waals surface area contributed by atoms with Gasteiger partial charge in [0.05, 0.1) is 17.3 Å². The predicted molar refractivity (Wildman–Crippen MR) is 82.4 cm³/mol. The van der Waals surface area contributed by atoms with Gasteiger partial charge >= 0.3 is 0 Å². The van der Waals surface area contributed by atoms with Crippen LogP contribution >= 0.6 is 11.8 Å². The average Bonchev–Trinajstić information content (AvgIpc) is 2.83. The number of hydrogen-bond acceptors (Lipinski definition) is 5. The second-order valence-electron chi connectivity index (χ2n) is 5.71. The van der Waals surface area contributed by atoms with E-state index in [0.717, 1.165) is 25.7 Å². The summed E-state index contributed by atoms with van der Waals surface area (Å²) in [5.41, 5.74) is 4.89. The van der Waals surface area contributed by atoms with E-state index in [1.165, 1.54) is 18.2 Å². The molecule has 0 aromatic carbocycles. The van der Waals surface area contributed by atoms with Crippen LogP contribution in [0.3, 0.4) is 0 Å². The third-order valence-electron chi connectivity index (χ3n) is 3.94. The highest BCUT2D eigenvalue weighted by atomic mass is 32.2. The van der Waals surface area contributed by atoms with Crippen LogP contribution in [0.2, 0.25) is 0 Å². The summed E-state index contributed by atoms with van der Waals surface area (Å²) >= 11 is 1.34. The normalized spacial score (nSPS) is 25.4. The number of carbonyl (C=O) groups is 2. The lowest BCUT2D eigenvalue weighted by Gasteiger charge is -2.20. The van der Waals surface area contributed by atoms with Gasteiger partial charge in [0.15, 0.2) is 9.84 Å². The molecule has 1 saturated carbocycles. The van der Waals surface area contributed by atoms with Crippen LogP contribution in [0.15, 0.2) is 0 Å². The van der Waals surface area contributed by atoms with Gasteiger partial charge in [-0.15, -0.1) is 11.8 Å². The van der Waals surface area contributed by atoms with Crippen molar-refractivity contribution in [1.29, 1.82) is 0 Å². The third-order valence-corrected chi connectivity index (χ3v) is 7.22. The number of carbonyl (C=O) groups excluding carboxylic acids is 2. The quantitative estimate of drug-likeness (QED) is 0.736. The topological polar surface area (TPSA) is 92.3 Å². The monoisotopic (exact) mass is 334 g/mol. The summed E-state index contributed by atoms with van der Waals surface area (Å²) in [7, 11) is -2.91. The molecule has 0 radical (unpaired) electrons. The van der Waals surface area contributed by atoms with Crippen molar-refractivity contribution in [2.24, 2.45) is 5.92 Å². The molecular formula is C13H22N2O4S2. The highest BCUT2D eigenvalue weighted by Crippen LogP contribution is 2.24. The molecular weight excluding hydrogens is 312 g/mol. The molecule has 1 heterocycles. The van der Waals surface area contributed by atoms with Crippen LogP contribution in [-0.2, 0) is 19.4 Å². The van der Waals surface area contributed by atoms with E-state index in [2.05, 4.69) is 10.9 Å². The maximum Gasteiger partial charge on any atom is 0.248 e. The minimum Gasteiger partial charge on any atom is -0.273 e. The van der Waals surface area contributed by atoms with Crippen LogP contribution in [0.5, 0.6) is 0 Å². The van der Waals surface area contributed by atoms with Crippen molar-refractivity contribution >= 4 is 33.4 Å². The van der Waals surface area contributed by atoms with Gasteiger partial charge in [0.25, 0.3) is 0 Å². The van der Waals surface area contributed by atoms with E-state index in [1.807, 2.05) is 0 Å². The van der Waals surface area contributed by atoms with Gasteiger partial charge in [-0.05, 0) is 19.3 Å². The lowest BCUT2D eigenvalue weighted by Crippen LogP contribution is -2.45. The molecule has 1 aliphatic carbocycles. The molecule has 0 unspecified atom stereocenters. The largest absolute Gasteiger partial charge is 0.273 e. The Morgan fingerprint density at radius 3 is 2.38 bits per heavy atom. The van der Waals surface area contributed by atoms with Crippen molar-refractivity contribution in [2.75, 3.05) is 17.3 Å². The SMILES string of the molecule is O=C(CS[C@H]1CCS(=O)(=O)C1)NNC(=O)C1CCCCC1. The molecule has 2 N–H and O–H groups in total. The fourth-order valence-electron chi connectivity index (χ4n) is 2.72. The number of thioether (sulfide) groups is 1. The Morgan fingerprint density at radius 1 is 1.05 bits per heavy atom. The van der Waals surface area contributed by atoms with Crippen molar-refractivity contribution in [3.63, 3.8) is 0 Å². The Kier molecular flexibility index (Phi) is 5.92. The Bertz CT molecular complexity index is 486. The molecule has 1 atom stereocenters. The molecule has 2 rings (SSSR count). The van der Waals surface area contributed by atoms with Crippen molar-refractivity contribution in [2.45, 2.75) is 43.8 Å². The minimum atomic E-state index is -2.91. The molecule has 8 heteroatoms. The maximum atomic E-state index is 11.8. The first kappa shape index (κ1) is 16.6. The van der Waals surface area contributed by atoms with Crippen LogP contribution in [0, 0.1) is 5.92 Å². The molecule has 1 saturated heterocycles. The van der Waals surface area contributed by atoms with Crippen molar-refractivity contribution in [3.05, 3.63) is 0 Å². The van der Waals surface area contributed by atoms with Gasteiger partial charge in [-0.25, -0.2) is 8.42 Å². The molecule has 0 aromatic heterocycles. The predicted octanol–water partition coefficient (Wildman–Crippen LogP) is 0.634. The highest BCUT2D eigenvalue weighted by molar-refractivity contribution is 8.02. The molecule has 6 nitrogen and oxygen atoms in total.